The van der Waals surface area contributed by atoms with Crippen LogP contribution in [0.1, 0.15) is 6.42 Å². The van der Waals surface area contributed by atoms with Crippen LogP contribution >= 0.6 is 11.8 Å². The third kappa shape index (κ3) is 2.67. The van der Waals surface area contributed by atoms with E-state index in [1.807, 2.05) is 0 Å². The van der Waals surface area contributed by atoms with E-state index in [0.717, 1.165) is 4.31 Å². The second-order valence-corrected chi connectivity index (χ2v) is 5.93. The second kappa shape index (κ2) is 3.95. The van der Waals surface area contributed by atoms with Gasteiger partial charge in [0, 0.05) is 19.8 Å². The Labute approximate surface area is 82.0 Å². The molecule has 1 fully saturated rings. The minimum Gasteiger partial charge on any atom is -0.285 e. The highest BCUT2D eigenvalue weighted by atomic mass is 32.2. The Hall–Kier alpha value is -0.110. The summed E-state index contributed by atoms with van der Waals surface area (Å²) in [6, 6.07) is -0.544. The van der Waals surface area contributed by atoms with Gasteiger partial charge in [-0.15, -0.1) is 0 Å². The monoisotopic (exact) mass is 224 g/mol. The molecular formula is C6H12N2O3S2. The van der Waals surface area contributed by atoms with Gasteiger partial charge in [0.15, 0.2) is 0 Å². The van der Waals surface area contributed by atoms with Gasteiger partial charge in [-0.1, -0.05) is 11.8 Å². The molecule has 0 bridgehead atoms. The molecule has 1 N–H and O–H groups in total. The van der Waals surface area contributed by atoms with Crippen LogP contribution in [0.2, 0.25) is 0 Å². The van der Waals surface area contributed by atoms with Crippen molar-refractivity contribution in [3.8, 4) is 0 Å². The van der Waals surface area contributed by atoms with Crippen LogP contribution in [0.15, 0.2) is 0 Å². The predicted octanol–water partition coefficient (Wildman–Crippen LogP) is -0.586. The van der Waals surface area contributed by atoms with Gasteiger partial charge < -0.3 is 0 Å². The number of hydrogen-bond donors (Lipinski definition) is 1. The van der Waals surface area contributed by atoms with Gasteiger partial charge in [0.25, 0.3) is 10.2 Å². The highest BCUT2D eigenvalue weighted by molar-refractivity contribution is 8.14. The maximum Gasteiger partial charge on any atom is 0.279 e. The Bertz CT molecular complexity index is 299. The Balaban J connectivity index is 2.63. The molecule has 1 rings (SSSR count). The van der Waals surface area contributed by atoms with Gasteiger partial charge in [-0.2, -0.15) is 17.4 Å². The molecule has 1 heterocycles. The first-order chi connectivity index (χ1) is 5.93. The highest BCUT2D eigenvalue weighted by Crippen LogP contribution is 2.20. The molecule has 0 aromatic heterocycles. The summed E-state index contributed by atoms with van der Waals surface area (Å²) in [7, 11) is -0.614. The van der Waals surface area contributed by atoms with Crippen molar-refractivity contribution in [2.45, 2.75) is 12.5 Å². The van der Waals surface area contributed by atoms with Crippen molar-refractivity contribution in [1.29, 1.82) is 0 Å². The van der Waals surface area contributed by atoms with E-state index in [9.17, 15) is 13.2 Å². The summed E-state index contributed by atoms with van der Waals surface area (Å²) in [5.41, 5.74) is 0. The molecule has 5 nitrogen and oxygen atoms in total. The number of hydrogen-bond acceptors (Lipinski definition) is 4. The summed E-state index contributed by atoms with van der Waals surface area (Å²) >= 11 is 1.17. The standard InChI is InChI=1S/C6H12N2O3S2/c1-8(2)13(10,11)7-5-3-4-12-6(5)9/h5,7H,3-4H2,1-2H3. The van der Waals surface area contributed by atoms with Crippen molar-refractivity contribution >= 4 is 27.1 Å². The molecule has 1 saturated heterocycles. The first-order valence-corrected chi connectivity index (χ1v) is 6.22. The largest absolute Gasteiger partial charge is 0.285 e. The van der Waals surface area contributed by atoms with Crippen LogP contribution in [0, 0.1) is 0 Å². The summed E-state index contributed by atoms with van der Waals surface area (Å²) in [4.78, 5) is 11.1. The van der Waals surface area contributed by atoms with E-state index in [1.54, 1.807) is 0 Å². The minimum atomic E-state index is -3.47. The predicted molar refractivity (Wildman–Crippen MR) is 51.6 cm³/mol. The van der Waals surface area contributed by atoms with Crippen LogP contribution in [0.3, 0.4) is 0 Å². The molecule has 1 atom stereocenters. The third-order valence-corrected chi connectivity index (χ3v) is 4.26. The zero-order chi connectivity index (χ0) is 10.1. The van der Waals surface area contributed by atoms with Crippen LogP contribution in [-0.2, 0) is 15.0 Å². The van der Waals surface area contributed by atoms with Crippen molar-refractivity contribution < 1.29 is 13.2 Å². The quantitative estimate of drug-likeness (QED) is 0.696. The minimum absolute atomic E-state index is 0.0922. The second-order valence-electron chi connectivity index (χ2n) is 2.91. The molecule has 13 heavy (non-hydrogen) atoms. The average molecular weight is 224 g/mol. The molecule has 0 amide bonds. The summed E-state index contributed by atoms with van der Waals surface area (Å²) < 4.78 is 26.0. The summed E-state index contributed by atoms with van der Waals surface area (Å²) in [5.74, 6) is 0.694. The van der Waals surface area contributed by atoms with Crippen molar-refractivity contribution in [3.05, 3.63) is 0 Å². The van der Waals surface area contributed by atoms with Crippen molar-refractivity contribution in [1.82, 2.24) is 9.03 Å². The number of nitrogens with one attached hydrogen (secondary N) is 1. The maximum absolute atomic E-state index is 11.3. The first-order valence-electron chi connectivity index (χ1n) is 3.80. The lowest BCUT2D eigenvalue weighted by Crippen LogP contribution is -2.43. The Morgan fingerprint density at radius 2 is 2.15 bits per heavy atom. The van der Waals surface area contributed by atoms with Gasteiger partial charge in [0.05, 0.1) is 6.04 Å². The number of thioether (sulfide) groups is 1. The van der Waals surface area contributed by atoms with Crippen molar-refractivity contribution in [2.75, 3.05) is 19.8 Å². The smallest absolute Gasteiger partial charge is 0.279 e. The molecule has 1 unspecified atom stereocenters. The van der Waals surface area contributed by atoms with Crippen LogP contribution in [0.25, 0.3) is 0 Å². The van der Waals surface area contributed by atoms with E-state index in [1.165, 1.54) is 25.9 Å². The number of carbonyl (C=O) groups excluding carboxylic acids is 1. The number of rotatable bonds is 3. The highest BCUT2D eigenvalue weighted by Gasteiger charge is 2.29. The normalized spacial score (nSPS) is 24.2. The lowest BCUT2D eigenvalue weighted by atomic mass is 10.3. The van der Waals surface area contributed by atoms with Gasteiger partial charge in [0.2, 0.25) is 5.12 Å². The Morgan fingerprint density at radius 1 is 1.54 bits per heavy atom. The third-order valence-electron chi connectivity index (χ3n) is 1.71. The molecule has 0 radical (unpaired) electrons. The molecule has 0 aliphatic carbocycles. The zero-order valence-electron chi connectivity index (χ0n) is 7.48. The molecule has 0 saturated carbocycles. The van der Waals surface area contributed by atoms with Crippen molar-refractivity contribution in [2.24, 2.45) is 0 Å². The molecular weight excluding hydrogens is 212 g/mol. The lowest BCUT2D eigenvalue weighted by Gasteiger charge is -2.15. The molecule has 0 aromatic rings. The fourth-order valence-electron chi connectivity index (χ4n) is 0.888. The summed E-state index contributed by atoms with van der Waals surface area (Å²) in [6.07, 6.45) is 0.580. The van der Waals surface area contributed by atoms with Crippen LogP contribution < -0.4 is 4.72 Å². The van der Waals surface area contributed by atoms with Crippen molar-refractivity contribution in [3.63, 3.8) is 0 Å². The molecule has 0 aromatic carbocycles. The molecule has 0 spiro atoms. The molecule has 1 aliphatic rings. The maximum atomic E-state index is 11.3. The van der Waals surface area contributed by atoms with E-state index in [-0.39, 0.29) is 5.12 Å². The lowest BCUT2D eigenvalue weighted by molar-refractivity contribution is -0.111. The molecule has 76 valence electrons. The number of carbonyl (C=O) groups is 1. The van der Waals surface area contributed by atoms with Gasteiger partial charge in [-0.25, -0.2) is 0 Å². The van der Waals surface area contributed by atoms with Crippen LogP contribution in [-0.4, -0.2) is 43.7 Å². The van der Waals surface area contributed by atoms with Crippen LogP contribution in [0.5, 0.6) is 0 Å². The summed E-state index contributed by atoms with van der Waals surface area (Å²) in [5, 5.41) is -0.0922. The fraction of sp³-hybridized carbons (Fsp3) is 0.833. The fourth-order valence-corrected chi connectivity index (χ4v) is 2.69. The molecule has 1 aliphatic heterocycles. The van der Waals surface area contributed by atoms with E-state index in [0.29, 0.717) is 12.2 Å². The zero-order valence-corrected chi connectivity index (χ0v) is 9.11. The number of nitrogens with zero attached hydrogens (tertiary/aromatic N) is 1. The van der Waals surface area contributed by atoms with E-state index >= 15 is 0 Å². The Morgan fingerprint density at radius 3 is 2.54 bits per heavy atom. The van der Waals surface area contributed by atoms with Gasteiger partial charge >= 0.3 is 0 Å². The van der Waals surface area contributed by atoms with E-state index in [2.05, 4.69) is 4.72 Å². The SMILES string of the molecule is CN(C)S(=O)(=O)NC1CCSC1=O. The molecule has 7 heteroatoms. The first kappa shape index (κ1) is 11.0. The van der Waals surface area contributed by atoms with Gasteiger partial charge in [0.1, 0.15) is 0 Å². The summed E-state index contributed by atoms with van der Waals surface area (Å²) in [6.45, 7) is 0. The van der Waals surface area contributed by atoms with E-state index < -0.39 is 16.3 Å². The van der Waals surface area contributed by atoms with E-state index in [4.69, 9.17) is 0 Å². The van der Waals surface area contributed by atoms with Gasteiger partial charge in [-0.05, 0) is 6.42 Å². The Kier molecular flexibility index (Phi) is 3.33. The average Bonchev–Trinajstić information content (AvgIpc) is 2.35. The van der Waals surface area contributed by atoms with Gasteiger partial charge in [-0.3, -0.25) is 4.79 Å². The topological polar surface area (TPSA) is 66.5 Å². The van der Waals surface area contributed by atoms with Crippen LogP contribution in [0.4, 0.5) is 0 Å².